The molecule has 0 aromatic heterocycles. The van der Waals surface area contributed by atoms with Gasteiger partial charge >= 0.3 is 17.9 Å². The van der Waals surface area contributed by atoms with Crippen molar-refractivity contribution in [3.05, 3.63) is 0 Å². The highest BCUT2D eigenvalue weighted by Crippen LogP contribution is 2.18. The summed E-state index contributed by atoms with van der Waals surface area (Å²) in [6, 6.07) is 0. The standard InChI is InChI=1S/C60H117NO8/c1-6-8-10-12-14-16-18-19-20-21-22-23-24-25-26-27-28-29-30-31-32-33-34-35-36-37-38-39-41-43-45-47-49-51-58(63)69-56(55-68-60(59(64)65)66-53-52-61(3,4)5)54-67-57(62)50-48-46-44-42-40-17-15-13-11-9-7-2/h56,60H,6-55H2,1-5H3/p+1. The number of likely N-dealkylation sites (N-methyl/N-ethyl adjacent to an activating group) is 1. The number of quaternary nitrogens is 1. The second-order valence-corrected chi connectivity index (χ2v) is 22.0. The molecule has 0 aliphatic carbocycles. The molecule has 0 aliphatic heterocycles. The predicted molar refractivity (Wildman–Crippen MR) is 291 cm³/mol. The number of esters is 2. The maximum absolute atomic E-state index is 12.8. The number of hydrogen-bond acceptors (Lipinski definition) is 7. The first kappa shape index (κ1) is 67.3. The van der Waals surface area contributed by atoms with Gasteiger partial charge in [0.05, 0.1) is 34.4 Å². The summed E-state index contributed by atoms with van der Waals surface area (Å²) in [6.07, 6.45) is 56.5. The summed E-state index contributed by atoms with van der Waals surface area (Å²) in [5, 5.41) is 9.68. The average molecular weight is 982 g/mol. The fraction of sp³-hybridized carbons (Fsp3) is 0.950. The Bertz CT molecular complexity index is 1100. The molecule has 0 saturated carbocycles. The summed E-state index contributed by atoms with van der Waals surface area (Å²) in [4.78, 5) is 37.3. The first-order valence-corrected chi connectivity index (χ1v) is 30.2. The van der Waals surface area contributed by atoms with Crippen LogP contribution in [-0.2, 0) is 33.3 Å². The molecule has 9 nitrogen and oxygen atoms in total. The van der Waals surface area contributed by atoms with E-state index in [-0.39, 0.29) is 38.2 Å². The van der Waals surface area contributed by atoms with Crippen molar-refractivity contribution in [2.75, 3.05) is 47.5 Å². The topological polar surface area (TPSA) is 108 Å². The van der Waals surface area contributed by atoms with Gasteiger partial charge in [0.1, 0.15) is 13.2 Å². The van der Waals surface area contributed by atoms with Crippen LogP contribution in [0.5, 0.6) is 0 Å². The number of carbonyl (C=O) groups excluding carboxylic acids is 2. The van der Waals surface area contributed by atoms with Gasteiger partial charge in [-0.2, -0.15) is 0 Å². The molecule has 0 spiro atoms. The summed E-state index contributed by atoms with van der Waals surface area (Å²) in [7, 11) is 5.98. The lowest BCUT2D eigenvalue weighted by Crippen LogP contribution is -2.40. The number of unbranched alkanes of at least 4 members (excludes halogenated alkanes) is 42. The van der Waals surface area contributed by atoms with Gasteiger partial charge in [0.2, 0.25) is 0 Å². The molecule has 410 valence electrons. The van der Waals surface area contributed by atoms with Crippen LogP contribution in [0.25, 0.3) is 0 Å². The zero-order valence-electron chi connectivity index (χ0n) is 46.8. The average Bonchev–Trinajstić information content (AvgIpc) is 3.31. The lowest BCUT2D eigenvalue weighted by Gasteiger charge is -2.25. The van der Waals surface area contributed by atoms with Crippen molar-refractivity contribution in [2.45, 2.75) is 322 Å². The maximum atomic E-state index is 12.8. The molecular weight excluding hydrogens is 863 g/mol. The van der Waals surface area contributed by atoms with E-state index in [0.29, 0.717) is 17.4 Å². The number of ether oxygens (including phenoxy) is 4. The van der Waals surface area contributed by atoms with E-state index in [2.05, 4.69) is 13.8 Å². The molecule has 0 bridgehead atoms. The Labute approximate surface area is 428 Å². The summed E-state index contributed by atoms with van der Waals surface area (Å²) >= 11 is 0. The van der Waals surface area contributed by atoms with Crippen LogP contribution in [0.3, 0.4) is 0 Å². The highest BCUT2D eigenvalue weighted by atomic mass is 16.7. The Morgan fingerprint density at radius 3 is 0.928 bits per heavy atom. The van der Waals surface area contributed by atoms with Crippen LogP contribution >= 0.6 is 0 Å². The van der Waals surface area contributed by atoms with E-state index in [4.69, 9.17) is 18.9 Å². The fourth-order valence-corrected chi connectivity index (χ4v) is 9.19. The fourth-order valence-electron chi connectivity index (χ4n) is 9.19. The van der Waals surface area contributed by atoms with Gasteiger partial charge in [-0.1, -0.05) is 284 Å². The molecule has 0 heterocycles. The predicted octanol–water partition coefficient (Wildman–Crippen LogP) is 17.6. The number of rotatable bonds is 57. The van der Waals surface area contributed by atoms with E-state index in [0.717, 1.165) is 38.5 Å². The van der Waals surface area contributed by atoms with Gasteiger partial charge < -0.3 is 28.5 Å². The molecule has 0 amide bonds. The molecule has 9 heteroatoms. The van der Waals surface area contributed by atoms with Gasteiger partial charge in [-0.05, 0) is 12.8 Å². The van der Waals surface area contributed by atoms with Gasteiger partial charge in [-0.25, -0.2) is 4.79 Å². The molecule has 0 aromatic rings. The smallest absolute Gasteiger partial charge is 0.361 e. The third-order valence-corrected chi connectivity index (χ3v) is 13.9. The molecule has 0 radical (unpaired) electrons. The van der Waals surface area contributed by atoms with Crippen LogP contribution in [0, 0.1) is 0 Å². The summed E-state index contributed by atoms with van der Waals surface area (Å²) in [6.45, 7) is 4.92. The normalized spacial score (nSPS) is 12.7. The van der Waals surface area contributed by atoms with Gasteiger partial charge in [0.15, 0.2) is 6.10 Å². The first-order valence-electron chi connectivity index (χ1n) is 30.2. The third-order valence-electron chi connectivity index (χ3n) is 13.9. The Morgan fingerprint density at radius 1 is 0.377 bits per heavy atom. The summed E-state index contributed by atoms with van der Waals surface area (Å²) < 4.78 is 22.8. The number of hydrogen-bond donors (Lipinski definition) is 1. The van der Waals surface area contributed by atoms with Crippen molar-refractivity contribution in [3.63, 3.8) is 0 Å². The molecular formula is C60H118NO8+. The molecule has 2 unspecified atom stereocenters. The Kier molecular flexibility index (Phi) is 51.3. The van der Waals surface area contributed by atoms with Crippen LogP contribution in [0.4, 0.5) is 0 Å². The molecule has 0 rings (SSSR count). The molecule has 0 aliphatic rings. The van der Waals surface area contributed by atoms with Crippen molar-refractivity contribution < 1.29 is 42.9 Å². The minimum atomic E-state index is -1.50. The minimum absolute atomic E-state index is 0.173. The lowest BCUT2D eigenvalue weighted by atomic mass is 10.0. The van der Waals surface area contributed by atoms with Crippen LogP contribution in [0.1, 0.15) is 309 Å². The first-order chi connectivity index (χ1) is 33.6. The van der Waals surface area contributed by atoms with Crippen molar-refractivity contribution in [1.29, 1.82) is 0 Å². The highest BCUT2D eigenvalue weighted by Gasteiger charge is 2.25. The maximum Gasteiger partial charge on any atom is 0.361 e. The van der Waals surface area contributed by atoms with Gasteiger partial charge in [0.25, 0.3) is 6.29 Å². The van der Waals surface area contributed by atoms with E-state index in [9.17, 15) is 19.5 Å². The van der Waals surface area contributed by atoms with E-state index in [1.807, 2.05) is 21.1 Å². The van der Waals surface area contributed by atoms with Crippen LogP contribution in [0.15, 0.2) is 0 Å². The molecule has 69 heavy (non-hydrogen) atoms. The van der Waals surface area contributed by atoms with Gasteiger partial charge in [-0.15, -0.1) is 0 Å². The quantitative estimate of drug-likeness (QED) is 0.0278. The largest absolute Gasteiger partial charge is 0.477 e. The third kappa shape index (κ3) is 53.9. The van der Waals surface area contributed by atoms with Crippen molar-refractivity contribution in [2.24, 2.45) is 0 Å². The van der Waals surface area contributed by atoms with Crippen LogP contribution in [-0.4, -0.2) is 87.4 Å². The molecule has 1 N–H and O–H groups in total. The van der Waals surface area contributed by atoms with Crippen LogP contribution < -0.4 is 0 Å². The Hall–Kier alpha value is -1.71. The molecule has 0 fully saturated rings. The Balaban J connectivity index is 3.96. The molecule has 2 atom stereocenters. The monoisotopic (exact) mass is 981 g/mol. The Morgan fingerprint density at radius 2 is 0.652 bits per heavy atom. The number of aliphatic carboxylic acids is 1. The zero-order chi connectivity index (χ0) is 50.6. The van der Waals surface area contributed by atoms with E-state index in [1.165, 1.54) is 244 Å². The number of carboxylic acid groups (broad SMARTS) is 1. The number of carbonyl (C=O) groups is 3. The SMILES string of the molecule is CCCCCCCCCCCCCCCCCCCCCCCCCCCCCCCCCCCC(=O)OC(COC(=O)CCCCCCCCCCCCC)COC(OCC[N+](C)(C)C)C(=O)O. The number of carboxylic acids is 1. The van der Waals surface area contributed by atoms with E-state index < -0.39 is 18.4 Å². The van der Waals surface area contributed by atoms with Gasteiger partial charge in [-0.3, -0.25) is 9.59 Å². The minimum Gasteiger partial charge on any atom is -0.477 e. The zero-order valence-corrected chi connectivity index (χ0v) is 46.8. The summed E-state index contributed by atoms with van der Waals surface area (Å²) in [5.41, 5.74) is 0. The van der Waals surface area contributed by atoms with Crippen molar-refractivity contribution in [3.8, 4) is 0 Å². The highest BCUT2D eigenvalue weighted by molar-refractivity contribution is 5.71. The summed E-state index contributed by atoms with van der Waals surface area (Å²) in [5.74, 6) is -1.98. The van der Waals surface area contributed by atoms with Gasteiger partial charge in [0, 0.05) is 12.8 Å². The van der Waals surface area contributed by atoms with E-state index >= 15 is 0 Å². The van der Waals surface area contributed by atoms with E-state index in [1.54, 1.807) is 0 Å². The second-order valence-electron chi connectivity index (χ2n) is 22.0. The lowest BCUT2D eigenvalue weighted by molar-refractivity contribution is -0.870. The van der Waals surface area contributed by atoms with Crippen LogP contribution in [0.2, 0.25) is 0 Å². The number of nitrogens with zero attached hydrogens (tertiary/aromatic N) is 1. The molecule has 0 saturated heterocycles. The van der Waals surface area contributed by atoms with Crippen molar-refractivity contribution >= 4 is 17.9 Å². The van der Waals surface area contributed by atoms with Crippen molar-refractivity contribution in [1.82, 2.24) is 0 Å². The second kappa shape index (κ2) is 52.6. The molecule has 0 aromatic carbocycles.